The number of nitriles is 1. The van der Waals surface area contributed by atoms with E-state index in [1.54, 1.807) is 24.3 Å². The Balaban J connectivity index is 1.77. The molecule has 0 spiro atoms. The summed E-state index contributed by atoms with van der Waals surface area (Å²) in [4.78, 5) is 11.8. The molecule has 1 aliphatic rings. The average molecular weight is 307 g/mol. The predicted octanol–water partition coefficient (Wildman–Crippen LogP) is 0.664. The minimum Gasteiger partial charge on any atom is -0.325 e. The molecule has 0 aliphatic carbocycles. The van der Waals surface area contributed by atoms with Gasteiger partial charge in [-0.25, -0.2) is 8.42 Å². The number of nitrogens with one attached hydrogen (secondary N) is 2. The number of hydrogen-bond acceptors (Lipinski definition) is 5. The third kappa shape index (κ3) is 4.55. The van der Waals surface area contributed by atoms with Gasteiger partial charge in [-0.1, -0.05) is 12.1 Å². The molecule has 1 atom stereocenters. The lowest BCUT2D eigenvalue weighted by atomic mass is 10.2. The number of hydrogen-bond donors (Lipinski definition) is 2. The van der Waals surface area contributed by atoms with Crippen molar-refractivity contribution in [1.29, 1.82) is 5.26 Å². The molecule has 1 aliphatic heterocycles. The summed E-state index contributed by atoms with van der Waals surface area (Å²) in [5, 5.41) is 14.7. The average Bonchev–Trinajstić information content (AvgIpc) is 2.79. The maximum Gasteiger partial charge on any atom is 0.225 e. The minimum absolute atomic E-state index is 0.0609. The van der Waals surface area contributed by atoms with Crippen molar-refractivity contribution in [2.75, 3.05) is 23.4 Å². The van der Waals surface area contributed by atoms with Gasteiger partial charge in [0.25, 0.3) is 0 Å². The fourth-order valence-corrected chi connectivity index (χ4v) is 3.96. The van der Waals surface area contributed by atoms with Crippen molar-refractivity contribution in [3.8, 4) is 6.07 Å². The van der Waals surface area contributed by atoms with Crippen LogP contribution in [0.3, 0.4) is 0 Å². The van der Waals surface area contributed by atoms with Crippen molar-refractivity contribution >= 4 is 21.4 Å². The SMILES string of the molecule is N#Cc1ccccc1NC(=O)CCNC1CCS(=O)(=O)C1. The first-order valence-corrected chi connectivity index (χ1v) is 8.55. The number of carbonyl (C=O) groups excluding carboxylic acids is 1. The first-order chi connectivity index (χ1) is 10.00. The lowest BCUT2D eigenvalue weighted by Gasteiger charge is -2.11. The van der Waals surface area contributed by atoms with E-state index in [9.17, 15) is 13.2 Å². The van der Waals surface area contributed by atoms with Gasteiger partial charge in [0.2, 0.25) is 5.91 Å². The molecule has 21 heavy (non-hydrogen) atoms. The molecule has 0 bridgehead atoms. The Morgan fingerprint density at radius 2 is 2.14 bits per heavy atom. The van der Waals surface area contributed by atoms with Crippen LogP contribution in [0.4, 0.5) is 5.69 Å². The van der Waals surface area contributed by atoms with E-state index in [1.807, 2.05) is 6.07 Å². The van der Waals surface area contributed by atoms with E-state index >= 15 is 0 Å². The van der Waals surface area contributed by atoms with E-state index in [2.05, 4.69) is 10.6 Å². The van der Waals surface area contributed by atoms with Gasteiger partial charge in [-0.15, -0.1) is 0 Å². The summed E-state index contributed by atoms with van der Waals surface area (Å²) in [7, 11) is -2.90. The van der Waals surface area contributed by atoms with E-state index in [4.69, 9.17) is 5.26 Å². The summed E-state index contributed by atoms with van der Waals surface area (Å²) >= 11 is 0. The molecule has 1 fully saturated rings. The first kappa shape index (κ1) is 15.5. The van der Waals surface area contributed by atoms with Gasteiger partial charge in [0.05, 0.1) is 22.8 Å². The number of para-hydroxylation sites is 1. The van der Waals surface area contributed by atoms with Crippen molar-refractivity contribution < 1.29 is 13.2 Å². The van der Waals surface area contributed by atoms with Gasteiger partial charge >= 0.3 is 0 Å². The Bertz CT molecular complexity index is 664. The van der Waals surface area contributed by atoms with Crippen molar-refractivity contribution in [2.45, 2.75) is 18.9 Å². The molecule has 7 heteroatoms. The second kappa shape index (κ2) is 6.70. The van der Waals surface area contributed by atoms with Gasteiger partial charge in [0, 0.05) is 19.0 Å². The van der Waals surface area contributed by atoms with Gasteiger partial charge in [0.15, 0.2) is 9.84 Å². The minimum atomic E-state index is -2.90. The van der Waals surface area contributed by atoms with Crippen molar-refractivity contribution in [3.63, 3.8) is 0 Å². The van der Waals surface area contributed by atoms with Crippen LogP contribution in [-0.2, 0) is 14.6 Å². The molecule has 1 heterocycles. The normalized spacial score (nSPS) is 19.9. The number of amides is 1. The van der Waals surface area contributed by atoms with Crippen LogP contribution in [0, 0.1) is 11.3 Å². The summed E-state index contributed by atoms with van der Waals surface area (Å²) in [5.74, 6) is 0.157. The Labute approximate surface area is 124 Å². The third-order valence-electron chi connectivity index (χ3n) is 3.34. The second-order valence-corrected chi connectivity index (χ2v) is 7.24. The molecule has 1 unspecified atom stereocenters. The fraction of sp³-hybridized carbons (Fsp3) is 0.429. The van der Waals surface area contributed by atoms with Gasteiger partial charge in [-0.05, 0) is 18.6 Å². The molecule has 0 radical (unpaired) electrons. The summed E-state index contributed by atoms with van der Waals surface area (Å²) < 4.78 is 22.6. The molecular formula is C14H17N3O3S. The highest BCUT2D eigenvalue weighted by molar-refractivity contribution is 7.91. The zero-order chi connectivity index (χ0) is 15.3. The Kier molecular flexibility index (Phi) is 4.94. The maximum absolute atomic E-state index is 11.8. The maximum atomic E-state index is 11.8. The molecule has 1 amide bonds. The quantitative estimate of drug-likeness (QED) is 0.832. The van der Waals surface area contributed by atoms with Gasteiger partial charge in [0.1, 0.15) is 6.07 Å². The molecule has 0 saturated carbocycles. The van der Waals surface area contributed by atoms with Crippen LogP contribution in [0.15, 0.2) is 24.3 Å². The Morgan fingerprint density at radius 1 is 1.38 bits per heavy atom. The molecular weight excluding hydrogens is 290 g/mol. The first-order valence-electron chi connectivity index (χ1n) is 6.73. The number of sulfone groups is 1. The van der Waals surface area contributed by atoms with Crippen LogP contribution in [0.1, 0.15) is 18.4 Å². The van der Waals surface area contributed by atoms with E-state index < -0.39 is 9.84 Å². The summed E-state index contributed by atoms with van der Waals surface area (Å²) in [6.07, 6.45) is 0.831. The van der Waals surface area contributed by atoms with Crippen LogP contribution in [0.5, 0.6) is 0 Å². The highest BCUT2D eigenvalue weighted by Gasteiger charge is 2.27. The van der Waals surface area contributed by atoms with Crippen molar-refractivity contribution in [2.24, 2.45) is 0 Å². The summed E-state index contributed by atoms with van der Waals surface area (Å²) in [6.45, 7) is 0.417. The van der Waals surface area contributed by atoms with Gasteiger partial charge < -0.3 is 10.6 Å². The molecule has 2 N–H and O–H groups in total. The number of rotatable bonds is 5. The molecule has 1 aromatic carbocycles. The molecule has 1 saturated heterocycles. The van der Waals surface area contributed by atoms with E-state index in [0.29, 0.717) is 24.2 Å². The summed E-state index contributed by atoms with van der Waals surface area (Å²) in [5.41, 5.74) is 0.911. The molecule has 6 nitrogen and oxygen atoms in total. The molecule has 112 valence electrons. The lowest BCUT2D eigenvalue weighted by Crippen LogP contribution is -2.32. The highest BCUT2D eigenvalue weighted by Crippen LogP contribution is 2.14. The fourth-order valence-electron chi connectivity index (χ4n) is 2.25. The number of benzene rings is 1. The lowest BCUT2D eigenvalue weighted by molar-refractivity contribution is -0.116. The standard InChI is InChI=1S/C14H17N3O3S/c15-9-11-3-1-2-4-13(11)17-14(18)5-7-16-12-6-8-21(19,20)10-12/h1-4,12,16H,5-8,10H2,(H,17,18). The van der Waals surface area contributed by atoms with Crippen LogP contribution in [-0.4, -0.2) is 38.4 Å². The summed E-state index contributed by atoms with van der Waals surface area (Å²) in [6, 6.07) is 8.74. The molecule has 2 rings (SSSR count). The van der Waals surface area contributed by atoms with Crippen molar-refractivity contribution in [3.05, 3.63) is 29.8 Å². The Morgan fingerprint density at radius 3 is 2.81 bits per heavy atom. The van der Waals surface area contributed by atoms with Crippen LogP contribution >= 0.6 is 0 Å². The van der Waals surface area contributed by atoms with Gasteiger partial charge in [-0.3, -0.25) is 4.79 Å². The topological polar surface area (TPSA) is 99.1 Å². The predicted molar refractivity (Wildman–Crippen MR) is 79.5 cm³/mol. The Hall–Kier alpha value is -1.91. The van der Waals surface area contributed by atoms with E-state index in [0.717, 1.165) is 0 Å². The van der Waals surface area contributed by atoms with Gasteiger partial charge in [-0.2, -0.15) is 5.26 Å². The molecule has 1 aromatic rings. The zero-order valence-corrected chi connectivity index (χ0v) is 12.3. The van der Waals surface area contributed by atoms with E-state index in [-0.39, 0.29) is 29.9 Å². The second-order valence-electron chi connectivity index (χ2n) is 5.01. The number of nitrogens with zero attached hydrogens (tertiary/aromatic N) is 1. The zero-order valence-electron chi connectivity index (χ0n) is 11.5. The van der Waals surface area contributed by atoms with E-state index in [1.165, 1.54) is 0 Å². The highest BCUT2D eigenvalue weighted by atomic mass is 32.2. The van der Waals surface area contributed by atoms with Crippen LogP contribution in [0.25, 0.3) is 0 Å². The molecule has 0 aromatic heterocycles. The third-order valence-corrected chi connectivity index (χ3v) is 5.11. The smallest absolute Gasteiger partial charge is 0.225 e. The van der Waals surface area contributed by atoms with Crippen LogP contribution < -0.4 is 10.6 Å². The number of carbonyl (C=O) groups is 1. The van der Waals surface area contributed by atoms with Crippen LogP contribution in [0.2, 0.25) is 0 Å². The monoisotopic (exact) mass is 307 g/mol. The van der Waals surface area contributed by atoms with Crippen molar-refractivity contribution in [1.82, 2.24) is 5.32 Å². The largest absolute Gasteiger partial charge is 0.325 e. The number of anilines is 1.